The van der Waals surface area contributed by atoms with E-state index < -0.39 is 48.1 Å². The van der Waals surface area contributed by atoms with Gasteiger partial charge in [0.1, 0.15) is 17.7 Å². The number of carbonyl (C=O) groups excluding carboxylic acids is 4. The maximum absolute atomic E-state index is 14.0. The summed E-state index contributed by atoms with van der Waals surface area (Å²) in [6, 6.07) is 12.5. The smallest absolute Gasteiger partial charge is 0.408 e. The molecule has 0 fully saturated rings. The fourth-order valence-electron chi connectivity index (χ4n) is 4.24. The Balaban J connectivity index is 2.50. The molecule has 10 heteroatoms. The summed E-state index contributed by atoms with van der Waals surface area (Å²) in [6.07, 6.45) is -1.15. The first-order valence-electron chi connectivity index (χ1n) is 12.9. The van der Waals surface area contributed by atoms with Gasteiger partial charge in [-0.25, -0.2) is 4.79 Å². The Labute approximate surface area is 229 Å². The highest BCUT2D eigenvalue weighted by atomic mass is 16.6. The lowest BCUT2D eigenvalue weighted by Crippen LogP contribution is -2.54. The maximum atomic E-state index is 14.0. The summed E-state index contributed by atoms with van der Waals surface area (Å²) in [4.78, 5) is 53.1. The number of amides is 4. The van der Waals surface area contributed by atoms with E-state index in [9.17, 15) is 24.3 Å². The highest BCUT2D eigenvalue weighted by Gasteiger charge is 2.37. The quantitative estimate of drug-likeness (QED) is 0.325. The molecule has 212 valence electrons. The number of alkyl carbamates (subject to hydrolysis) is 1. The van der Waals surface area contributed by atoms with Crippen molar-refractivity contribution in [2.75, 3.05) is 13.2 Å². The highest BCUT2D eigenvalue weighted by molar-refractivity contribution is 5.93. The molecule has 0 saturated heterocycles. The third-order valence-corrected chi connectivity index (χ3v) is 5.98. The van der Waals surface area contributed by atoms with Gasteiger partial charge in [0.2, 0.25) is 17.7 Å². The summed E-state index contributed by atoms with van der Waals surface area (Å²) in [6.45, 7) is 8.31. The zero-order valence-electron chi connectivity index (χ0n) is 23.3. The van der Waals surface area contributed by atoms with Crippen molar-refractivity contribution in [3.05, 3.63) is 70.8 Å². The molecular formula is C29H40N4O6. The van der Waals surface area contributed by atoms with Crippen molar-refractivity contribution >= 4 is 23.8 Å². The number of nitrogens with zero attached hydrogens (tertiary/aromatic N) is 1. The molecule has 0 heterocycles. The Hall–Kier alpha value is -3.92. The van der Waals surface area contributed by atoms with Gasteiger partial charge < -0.3 is 31.1 Å². The van der Waals surface area contributed by atoms with Gasteiger partial charge in [-0.3, -0.25) is 14.4 Å². The van der Waals surface area contributed by atoms with Gasteiger partial charge in [-0.1, -0.05) is 48.5 Å². The molecule has 0 saturated carbocycles. The SMILES string of the molecule is Cc1cccc(C)c1C(C(=O)NCc1ccccc1)N(CCO)C(=O)C(CCC(N)=O)NC(=O)OC(C)(C)C. The molecule has 2 rings (SSSR count). The highest BCUT2D eigenvalue weighted by Crippen LogP contribution is 2.29. The number of nitrogens with one attached hydrogen (secondary N) is 2. The maximum Gasteiger partial charge on any atom is 0.408 e. The van der Waals surface area contributed by atoms with Crippen molar-refractivity contribution in [2.24, 2.45) is 5.73 Å². The molecule has 0 aliphatic heterocycles. The molecule has 0 spiro atoms. The predicted octanol–water partition coefficient (Wildman–Crippen LogP) is 2.64. The fraction of sp³-hybridized carbons (Fsp3) is 0.448. The van der Waals surface area contributed by atoms with Crippen LogP contribution in [0.15, 0.2) is 48.5 Å². The van der Waals surface area contributed by atoms with E-state index in [-0.39, 0.29) is 25.9 Å². The van der Waals surface area contributed by atoms with Gasteiger partial charge in [-0.15, -0.1) is 0 Å². The number of carbonyl (C=O) groups is 4. The van der Waals surface area contributed by atoms with Crippen LogP contribution in [0.25, 0.3) is 0 Å². The lowest BCUT2D eigenvalue weighted by atomic mass is 9.93. The fourth-order valence-corrected chi connectivity index (χ4v) is 4.24. The average Bonchev–Trinajstić information content (AvgIpc) is 2.85. The zero-order valence-corrected chi connectivity index (χ0v) is 23.3. The normalized spacial score (nSPS) is 12.7. The van der Waals surface area contributed by atoms with E-state index in [2.05, 4.69) is 10.6 Å². The van der Waals surface area contributed by atoms with Crippen molar-refractivity contribution in [3.63, 3.8) is 0 Å². The van der Waals surface area contributed by atoms with Gasteiger partial charge in [0, 0.05) is 19.5 Å². The molecule has 4 amide bonds. The number of hydrogen-bond donors (Lipinski definition) is 4. The van der Waals surface area contributed by atoms with Crippen molar-refractivity contribution < 1.29 is 29.0 Å². The molecule has 5 N–H and O–H groups in total. The van der Waals surface area contributed by atoms with Gasteiger partial charge in [-0.05, 0) is 63.3 Å². The number of hydrogen-bond acceptors (Lipinski definition) is 6. The summed E-state index contributed by atoms with van der Waals surface area (Å²) in [5.74, 6) is -1.76. The van der Waals surface area contributed by atoms with E-state index in [1.807, 2.05) is 62.4 Å². The van der Waals surface area contributed by atoms with E-state index in [0.717, 1.165) is 16.7 Å². The number of nitrogens with two attached hydrogens (primary N) is 1. The number of benzene rings is 2. The van der Waals surface area contributed by atoms with Crippen LogP contribution in [0.1, 0.15) is 61.9 Å². The zero-order chi connectivity index (χ0) is 29.2. The van der Waals surface area contributed by atoms with E-state index in [1.54, 1.807) is 20.8 Å². The van der Waals surface area contributed by atoms with Crippen molar-refractivity contribution in [3.8, 4) is 0 Å². The molecule has 2 unspecified atom stereocenters. The molecule has 10 nitrogen and oxygen atoms in total. The van der Waals surface area contributed by atoms with Crippen LogP contribution in [-0.2, 0) is 25.7 Å². The topological polar surface area (TPSA) is 151 Å². The van der Waals surface area contributed by atoms with E-state index in [4.69, 9.17) is 10.5 Å². The first-order valence-corrected chi connectivity index (χ1v) is 12.9. The van der Waals surface area contributed by atoms with Crippen LogP contribution in [0.3, 0.4) is 0 Å². The van der Waals surface area contributed by atoms with E-state index in [1.165, 1.54) is 4.90 Å². The van der Waals surface area contributed by atoms with Crippen LogP contribution in [-0.4, -0.2) is 58.6 Å². The second kappa shape index (κ2) is 14.3. The van der Waals surface area contributed by atoms with Crippen LogP contribution >= 0.6 is 0 Å². The van der Waals surface area contributed by atoms with Gasteiger partial charge in [0.15, 0.2) is 0 Å². The van der Waals surface area contributed by atoms with Crippen LogP contribution < -0.4 is 16.4 Å². The summed E-state index contributed by atoms with van der Waals surface area (Å²) >= 11 is 0. The van der Waals surface area contributed by atoms with Crippen molar-refractivity contribution in [2.45, 2.75) is 71.7 Å². The minimum Gasteiger partial charge on any atom is -0.444 e. The summed E-state index contributed by atoms with van der Waals surface area (Å²) in [5, 5.41) is 15.4. The second-order valence-corrected chi connectivity index (χ2v) is 10.4. The number of ether oxygens (including phenoxy) is 1. The van der Waals surface area contributed by atoms with E-state index in [0.29, 0.717) is 5.56 Å². The third kappa shape index (κ3) is 9.72. The lowest BCUT2D eigenvalue weighted by molar-refractivity contribution is -0.143. The third-order valence-electron chi connectivity index (χ3n) is 5.98. The molecule has 2 aromatic rings. The minimum absolute atomic E-state index is 0.111. The van der Waals surface area contributed by atoms with Gasteiger partial charge >= 0.3 is 6.09 Å². The van der Waals surface area contributed by atoms with Crippen LogP contribution in [0.2, 0.25) is 0 Å². The first-order chi connectivity index (χ1) is 18.3. The standard InChI is InChI=1S/C29H40N4O6/c1-19-10-9-11-20(2)24(19)25(26(36)31-18-21-12-7-6-8-13-21)33(16-17-34)27(37)22(14-15-23(30)35)32-28(38)39-29(3,4)5/h6-13,22,25,34H,14-18H2,1-5H3,(H2,30,35)(H,31,36)(H,32,38). The molecule has 0 aliphatic rings. The van der Waals surface area contributed by atoms with Crippen LogP contribution in [0.4, 0.5) is 4.79 Å². The van der Waals surface area contributed by atoms with Crippen LogP contribution in [0, 0.1) is 13.8 Å². The molecule has 39 heavy (non-hydrogen) atoms. The number of rotatable bonds is 12. The van der Waals surface area contributed by atoms with Crippen molar-refractivity contribution in [1.82, 2.24) is 15.5 Å². The molecule has 2 atom stereocenters. The molecule has 0 radical (unpaired) electrons. The largest absolute Gasteiger partial charge is 0.444 e. The summed E-state index contributed by atoms with van der Waals surface area (Å²) < 4.78 is 5.32. The van der Waals surface area contributed by atoms with Gasteiger partial charge in [-0.2, -0.15) is 0 Å². The Morgan fingerprint density at radius 2 is 1.62 bits per heavy atom. The Morgan fingerprint density at radius 3 is 2.15 bits per heavy atom. The predicted molar refractivity (Wildman–Crippen MR) is 147 cm³/mol. The Kier molecular flexibility index (Phi) is 11.5. The minimum atomic E-state index is -1.23. The Morgan fingerprint density at radius 1 is 1.00 bits per heavy atom. The Bertz CT molecular complexity index is 1130. The molecular weight excluding hydrogens is 500 g/mol. The number of primary amides is 1. The number of aliphatic hydroxyl groups excluding tert-OH is 1. The second-order valence-electron chi connectivity index (χ2n) is 10.4. The van der Waals surface area contributed by atoms with Crippen molar-refractivity contribution in [1.29, 1.82) is 0 Å². The summed E-state index contributed by atoms with van der Waals surface area (Å²) in [5.41, 5.74) is 7.53. The molecule has 2 aromatic carbocycles. The number of aryl methyl sites for hydroxylation is 2. The van der Waals surface area contributed by atoms with Gasteiger partial charge in [0.05, 0.1) is 6.61 Å². The van der Waals surface area contributed by atoms with Crippen LogP contribution in [0.5, 0.6) is 0 Å². The monoisotopic (exact) mass is 540 g/mol. The van der Waals surface area contributed by atoms with E-state index >= 15 is 0 Å². The average molecular weight is 541 g/mol. The molecule has 0 aromatic heterocycles. The number of aliphatic hydroxyl groups is 1. The summed E-state index contributed by atoms with van der Waals surface area (Å²) in [7, 11) is 0. The molecule has 0 bridgehead atoms. The molecule has 0 aliphatic carbocycles. The first kappa shape index (κ1) is 31.3. The van der Waals surface area contributed by atoms with Gasteiger partial charge in [0.25, 0.3) is 0 Å². The lowest BCUT2D eigenvalue weighted by Gasteiger charge is -2.35.